The van der Waals surface area contributed by atoms with Crippen molar-refractivity contribution < 1.29 is 5.11 Å². The number of benzene rings is 1. The summed E-state index contributed by atoms with van der Waals surface area (Å²) in [6, 6.07) is 7.08. The molecule has 0 bridgehead atoms. The summed E-state index contributed by atoms with van der Waals surface area (Å²) in [5.74, 6) is 0.285. The van der Waals surface area contributed by atoms with Gasteiger partial charge >= 0.3 is 0 Å². The lowest BCUT2D eigenvalue weighted by Crippen LogP contribution is -1.69. The quantitative estimate of drug-likeness (QED) is 0.647. The first kappa shape index (κ1) is 10.7. The molecule has 0 aliphatic rings. The number of phenols is 1. The Morgan fingerprint density at radius 3 is 2.08 bits per heavy atom. The third kappa shape index (κ3) is 3.78. The lowest BCUT2D eigenvalue weighted by molar-refractivity contribution is 0.474. The van der Waals surface area contributed by atoms with Gasteiger partial charge in [0.2, 0.25) is 0 Å². The van der Waals surface area contributed by atoms with Gasteiger partial charge in [-0.1, -0.05) is 30.9 Å². The topological polar surface area (TPSA) is 20.2 Å². The van der Waals surface area contributed by atoms with Crippen molar-refractivity contribution in [1.29, 1.82) is 0 Å². The van der Waals surface area contributed by atoms with Crippen LogP contribution in [0.15, 0.2) is 43.1 Å². The summed E-state index contributed by atoms with van der Waals surface area (Å²) in [6.07, 6.45) is 1.62. The predicted octanol–water partition coefficient (Wildman–Crippen LogP) is 1.53. The van der Waals surface area contributed by atoms with E-state index in [1.165, 1.54) is 0 Å². The maximum absolute atomic E-state index is 9.04. The molecular weight excluding hydrogens is 164 g/mol. The Hall–Kier alpha value is -1.28. The van der Waals surface area contributed by atoms with Gasteiger partial charge in [0.15, 0.2) is 0 Å². The van der Waals surface area contributed by atoms with Crippen molar-refractivity contribution in [3.63, 3.8) is 0 Å². The minimum absolute atomic E-state index is 0.285. The fraction of sp³-hybridized carbons (Fsp3) is 0. The second-order valence-corrected chi connectivity index (χ2v) is 2.99. The zero-order chi connectivity index (χ0) is 9.40. The molecule has 1 nitrogen and oxygen atoms in total. The first-order valence-corrected chi connectivity index (χ1v) is 4.89. The maximum Gasteiger partial charge on any atom is 0.122 e. The van der Waals surface area contributed by atoms with Gasteiger partial charge in [-0.25, -0.2) is 0 Å². The molecule has 0 aliphatic heterocycles. The summed E-state index contributed by atoms with van der Waals surface area (Å²) in [5, 5.41) is 9.04. The minimum Gasteiger partial charge on any atom is -0.507 e. The van der Waals surface area contributed by atoms with Crippen molar-refractivity contribution in [2.24, 2.45) is 0 Å². The molecule has 0 aliphatic carbocycles. The Kier molecular flexibility index (Phi) is 5.74. The van der Waals surface area contributed by atoms with Crippen molar-refractivity contribution in [2.45, 2.75) is 0 Å². The molecule has 0 unspecified atom stereocenters. The van der Waals surface area contributed by atoms with Crippen LogP contribution in [0.25, 0.3) is 6.08 Å². The van der Waals surface area contributed by atoms with Gasteiger partial charge in [0.05, 0.1) is 0 Å². The van der Waals surface area contributed by atoms with Crippen LogP contribution in [0.1, 0.15) is 5.56 Å². The van der Waals surface area contributed by atoms with Gasteiger partial charge in [0, 0.05) is 15.8 Å². The fourth-order valence-corrected chi connectivity index (χ4v) is 0.660. The largest absolute Gasteiger partial charge is 0.507 e. The summed E-state index contributed by atoms with van der Waals surface area (Å²) in [4.78, 5) is 0. The Labute approximate surface area is 76.5 Å². The van der Waals surface area contributed by atoms with Crippen LogP contribution < -0.4 is 0 Å². The normalized spacial score (nSPS) is 8.00. The van der Waals surface area contributed by atoms with Gasteiger partial charge in [0.25, 0.3) is 0 Å². The van der Waals surface area contributed by atoms with E-state index in [2.05, 4.69) is 13.2 Å². The van der Waals surface area contributed by atoms with Gasteiger partial charge in [0.1, 0.15) is 5.75 Å². The average molecular weight is 178 g/mol. The highest BCUT2D eigenvalue weighted by Gasteiger charge is 1.89. The van der Waals surface area contributed by atoms with Crippen LogP contribution in [0, 0.1) is 0 Å². The van der Waals surface area contributed by atoms with Crippen molar-refractivity contribution in [3.8, 4) is 5.75 Å². The van der Waals surface area contributed by atoms with E-state index in [9.17, 15) is 0 Å². The molecule has 1 N–H and O–H groups in total. The van der Waals surface area contributed by atoms with E-state index < -0.39 is 0 Å². The SMILES string of the molecule is C=C[SiH3].C=Cc1ccccc1O. The molecule has 12 heavy (non-hydrogen) atoms. The monoisotopic (exact) mass is 178 g/mol. The summed E-state index contributed by atoms with van der Waals surface area (Å²) < 4.78 is 0. The van der Waals surface area contributed by atoms with Crippen LogP contribution >= 0.6 is 0 Å². The molecule has 1 aromatic carbocycles. The molecule has 1 rings (SSSR count). The van der Waals surface area contributed by atoms with Crippen molar-refractivity contribution in [3.05, 3.63) is 48.7 Å². The standard InChI is InChI=1S/C8H8O.C2H6Si/c1-2-7-5-3-4-6-8(7)9;1-2-3/h2-6,9H,1H2;2H,1H2,3H3. The molecule has 0 atom stereocenters. The third-order valence-electron chi connectivity index (χ3n) is 1.16. The van der Waals surface area contributed by atoms with Crippen molar-refractivity contribution in [2.75, 3.05) is 0 Å². The minimum atomic E-state index is 0.285. The van der Waals surface area contributed by atoms with Gasteiger partial charge < -0.3 is 5.11 Å². The average Bonchev–Trinajstić information content (AvgIpc) is 2.07. The molecule has 0 saturated carbocycles. The van der Waals surface area contributed by atoms with E-state index >= 15 is 0 Å². The maximum atomic E-state index is 9.04. The lowest BCUT2D eigenvalue weighted by atomic mass is 10.2. The van der Waals surface area contributed by atoms with E-state index in [1.54, 1.807) is 18.2 Å². The number of hydrogen-bond donors (Lipinski definition) is 1. The first-order valence-electron chi connectivity index (χ1n) is 3.73. The van der Waals surface area contributed by atoms with Gasteiger partial charge in [-0.2, -0.15) is 0 Å². The summed E-state index contributed by atoms with van der Waals surface area (Å²) in [5.41, 5.74) is 2.66. The highest BCUT2D eigenvalue weighted by molar-refractivity contribution is 6.16. The molecule has 1 aromatic rings. The van der Waals surface area contributed by atoms with Crippen molar-refractivity contribution in [1.82, 2.24) is 0 Å². The van der Waals surface area contributed by atoms with Crippen LogP contribution in [-0.4, -0.2) is 15.3 Å². The molecule has 0 amide bonds. The van der Waals surface area contributed by atoms with E-state index in [4.69, 9.17) is 5.11 Å². The molecule has 0 aromatic heterocycles. The number of phenolic OH excluding ortho intramolecular Hbond substituents is 1. The van der Waals surface area contributed by atoms with Crippen LogP contribution in [0.2, 0.25) is 0 Å². The third-order valence-corrected chi connectivity index (χ3v) is 1.16. The lowest BCUT2D eigenvalue weighted by Gasteiger charge is -1.93. The van der Waals surface area contributed by atoms with E-state index in [-0.39, 0.29) is 5.75 Å². The molecule has 0 spiro atoms. The van der Waals surface area contributed by atoms with Gasteiger partial charge in [-0.15, -0.1) is 12.3 Å². The van der Waals surface area contributed by atoms with E-state index in [1.807, 2.05) is 17.8 Å². The number of para-hydroxylation sites is 1. The Morgan fingerprint density at radius 2 is 1.75 bits per heavy atom. The van der Waals surface area contributed by atoms with Crippen molar-refractivity contribution >= 4 is 16.3 Å². The summed E-state index contributed by atoms with van der Waals surface area (Å²) in [6.45, 7) is 6.95. The summed E-state index contributed by atoms with van der Waals surface area (Å²) in [7, 11) is 1.13. The van der Waals surface area contributed by atoms with E-state index in [0.717, 1.165) is 15.8 Å². The first-order chi connectivity index (χ1) is 5.76. The van der Waals surface area contributed by atoms with Crippen LogP contribution in [0.4, 0.5) is 0 Å². The highest BCUT2D eigenvalue weighted by Crippen LogP contribution is 2.15. The Bertz CT molecular complexity index is 256. The van der Waals surface area contributed by atoms with Crippen LogP contribution in [-0.2, 0) is 0 Å². The molecule has 0 radical (unpaired) electrons. The Morgan fingerprint density at radius 1 is 1.25 bits per heavy atom. The number of rotatable bonds is 1. The molecular formula is C10H14OSi. The van der Waals surface area contributed by atoms with Gasteiger partial charge in [-0.05, 0) is 6.07 Å². The smallest absolute Gasteiger partial charge is 0.122 e. The second-order valence-electron chi connectivity index (χ2n) is 2.17. The molecule has 0 fully saturated rings. The summed E-state index contributed by atoms with van der Waals surface area (Å²) >= 11 is 0. The van der Waals surface area contributed by atoms with Crippen LogP contribution in [0.3, 0.4) is 0 Å². The number of aromatic hydroxyl groups is 1. The zero-order valence-corrected chi connectivity index (χ0v) is 9.33. The molecule has 64 valence electrons. The molecule has 0 saturated heterocycles. The molecule has 2 heteroatoms. The molecule has 0 heterocycles. The fourth-order valence-electron chi connectivity index (χ4n) is 0.660. The highest BCUT2D eigenvalue weighted by atomic mass is 28.1. The van der Waals surface area contributed by atoms with Crippen LogP contribution in [0.5, 0.6) is 5.75 Å². The number of hydrogen-bond acceptors (Lipinski definition) is 1. The second kappa shape index (κ2) is 6.43. The Balaban J connectivity index is 0.000000354. The zero-order valence-electron chi connectivity index (χ0n) is 7.33. The predicted molar refractivity (Wildman–Crippen MR) is 58.3 cm³/mol. The van der Waals surface area contributed by atoms with Gasteiger partial charge in [-0.3, -0.25) is 0 Å². The van der Waals surface area contributed by atoms with E-state index in [0.29, 0.717) is 0 Å².